The third kappa shape index (κ3) is 2.76. The Kier molecular flexibility index (Phi) is 3.61. The van der Waals surface area contributed by atoms with Crippen molar-refractivity contribution in [3.05, 3.63) is 11.7 Å². The first-order valence-electron chi connectivity index (χ1n) is 8.03. The predicted molar refractivity (Wildman–Crippen MR) is 78.7 cm³/mol. The zero-order valence-electron chi connectivity index (χ0n) is 13.0. The van der Waals surface area contributed by atoms with Gasteiger partial charge in [-0.2, -0.15) is 4.98 Å². The minimum Gasteiger partial charge on any atom is -0.339 e. The first-order chi connectivity index (χ1) is 9.49. The summed E-state index contributed by atoms with van der Waals surface area (Å²) in [6, 6.07) is 0. The second-order valence-electron chi connectivity index (χ2n) is 7.71. The Hall–Kier alpha value is -0.900. The summed E-state index contributed by atoms with van der Waals surface area (Å²) < 4.78 is 5.62. The van der Waals surface area contributed by atoms with Crippen molar-refractivity contribution in [2.24, 2.45) is 5.41 Å². The van der Waals surface area contributed by atoms with Gasteiger partial charge in [-0.15, -0.1) is 0 Å². The van der Waals surface area contributed by atoms with E-state index in [2.05, 4.69) is 31.2 Å². The molecule has 0 amide bonds. The lowest BCUT2D eigenvalue weighted by molar-refractivity contribution is 0.216. The molecule has 2 aliphatic rings. The molecular formula is C16H27N3O. The van der Waals surface area contributed by atoms with Gasteiger partial charge in [0, 0.05) is 11.3 Å². The van der Waals surface area contributed by atoms with E-state index in [0.29, 0.717) is 11.3 Å². The minimum absolute atomic E-state index is 0.0738. The van der Waals surface area contributed by atoms with Crippen molar-refractivity contribution in [1.82, 2.24) is 15.5 Å². The van der Waals surface area contributed by atoms with Crippen LogP contribution in [0, 0.1) is 5.41 Å². The van der Waals surface area contributed by atoms with E-state index in [1.54, 1.807) is 0 Å². The number of aromatic nitrogens is 2. The molecule has 3 rings (SSSR count). The molecule has 1 N–H and O–H groups in total. The lowest BCUT2D eigenvalue weighted by Gasteiger charge is -2.33. The Balaban J connectivity index is 1.71. The van der Waals surface area contributed by atoms with Crippen LogP contribution in [0.5, 0.6) is 0 Å². The Labute approximate surface area is 121 Å². The van der Waals surface area contributed by atoms with Crippen molar-refractivity contribution < 1.29 is 4.52 Å². The quantitative estimate of drug-likeness (QED) is 0.900. The largest absolute Gasteiger partial charge is 0.339 e. The van der Waals surface area contributed by atoms with Crippen LogP contribution < -0.4 is 5.32 Å². The number of piperidine rings is 1. The molecular weight excluding hydrogens is 250 g/mol. The molecule has 2 fully saturated rings. The number of hydrogen-bond donors (Lipinski definition) is 1. The fourth-order valence-corrected chi connectivity index (χ4v) is 3.50. The van der Waals surface area contributed by atoms with E-state index < -0.39 is 0 Å². The molecule has 0 radical (unpaired) electrons. The zero-order valence-corrected chi connectivity index (χ0v) is 13.0. The van der Waals surface area contributed by atoms with Crippen LogP contribution in [-0.2, 0) is 5.41 Å². The van der Waals surface area contributed by atoms with E-state index in [0.717, 1.165) is 37.6 Å². The highest BCUT2D eigenvalue weighted by Gasteiger charge is 2.36. The summed E-state index contributed by atoms with van der Waals surface area (Å²) in [5.41, 5.74) is 0.564. The smallest absolute Gasteiger partial charge is 0.232 e. The average Bonchev–Trinajstić information content (AvgIpc) is 2.90. The van der Waals surface area contributed by atoms with Crippen LogP contribution in [0.25, 0.3) is 0 Å². The molecule has 4 heteroatoms. The van der Waals surface area contributed by atoms with Crippen LogP contribution in [0.4, 0.5) is 0 Å². The van der Waals surface area contributed by atoms with Gasteiger partial charge in [-0.05, 0) is 57.0 Å². The Morgan fingerprint density at radius 3 is 2.35 bits per heavy atom. The summed E-state index contributed by atoms with van der Waals surface area (Å²) in [7, 11) is 0. The molecule has 1 aromatic heterocycles. The van der Waals surface area contributed by atoms with E-state index in [1.165, 1.54) is 25.7 Å². The normalized spacial score (nSPS) is 26.6. The second-order valence-corrected chi connectivity index (χ2v) is 7.71. The molecule has 1 saturated heterocycles. The lowest BCUT2D eigenvalue weighted by atomic mass is 9.73. The maximum Gasteiger partial charge on any atom is 0.232 e. The Morgan fingerprint density at radius 2 is 1.70 bits per heavy atom. The molecule has 112 valence electrons. The summed E-state index contributed by atoms with van der Waals surface area (Å²) in [4.78, 5) is 4.77. The molecule has 0 unspecified atom stereocenters. The Morgan fingerprint density at radius 1 is 1.05 bits per heavy atom. The van der Waals surface area contributed by atoms with Gasteiger partial charge >= 0.3 is 0 Å². The van der Waals surface area contributed by atoms with Gasteiger partial charge < -0.3 is 9.84 Å². The maximum atomic E-state index is 5.62. The van der Waals surface area contributed by atoms with Crippen LogP contribution >= 0.6 is 0 Å². The van der Waals surface area contributed by atoms with Crippen molar-refractivity contribution in [3.8, 4) is 0 Å². The second kappa shape index (κ2) is 5.14. The summed E-state index contributed by atoms with van der Waals surface area (Å²) in [5.74, 6) is 2.32. The van der Waals surface area contributed by atoms with Gasteiger partial charge in [0.2, 0.25) is 5.89 Å². The molecule has 4 nitrogen and oxygen atoms in total. The summed E-state index contributed by atoms with van der Waals surface area (Å²) in [6.45, 7) is 9.08. The van der Waals surface area contributed by atoms with Gasteiger partial charge in [0.15, 0.2) is 5.82 Å². The monoisotopic (exact) mass is 277 g/mol. The van der Waals surface area contributed by atoms with Gasteiger partial charge in [-0.1, -0.05) is 25.9 Å². The fourth-order valence-electron chi connectivity index (χ4n) is 3.50. The lowest BCUT2D eigenvalue weighted by Crippen LogP contribution is -2.37. The highest BCUT2D eigenvalue weighted by atomic mass is 16.5. The van der Waals surface area contributed by atoms with Crippen LogP contribution in [0.15, 0.2) is 4.52 Å². The number of rotatable bonds is 2. The van der Waals surface area contributed by atoms with Crippen molar-refractivity contribution in [1.29, 1.82) is 0 Å². The average molecular weight is 277 g/mol. The zero-order chi connectivity index (χ0) is 14.2. The third-order valence-corrected chi connectivity index (χ3v) is 5.37. The molecule has 1 aliphatic carbocycles. The van der Waals surface area contributed by atoms with Crippen molar-refractivity contribution in [2.75, 3.05) is 13.1 Å². The third-order valence-electron chi connectivity index (χ3n) is 5.37. The van der Waals surface area contributed by atoms with Gasteiger partial charge in [0.25, 0.3) is 0 Å². The number of hydrogen-bond acceptors (Lipinski definition) is 4. The van der Waals surface area contributed by atoms with Crippen molar-refractivity contribution in [2.45, 2.75) is 70.6 Å². The molecule has 0 bridgehead atoms. The summed E-state index contributed by atoms with van der Waals surface area (Å²) >= 11 is 0. The SMILES string of the molecule is CC1(C)CCC(c2noc(C3(C)CCNCC3)n2)CC1. The summed E-state index contributed by atoms with van der Waals surface area (Å²) in [5, 5.41) is 7.70. The van der Waals surface area contributed by atoms with E-state index in [1.807, 2.05) is 0 Å². The predicted octanol–water partition coefficient (Wildman–Crippen LogP) is 3.39. The van der Waals surface area contributed by atoms with E-state index in [-0.39, 0.29) is 5.41 Å². The number of nitrogens with zero attached hydrogens (tertiary/aromatic N) is 2. The van der Waals surface area contributed by atoms with Crippen LogP contribution in [0.1, 0.15) is 76.9 Å². The first kappa shape index (κ1) is 14.1. The van der Waals surface area contributed by atoms with E-state index in [9.17, 15) is 0 Å². The van der Waals surface area contributed by atoms with E-state index in [4.69, 9.17) is 9.51 Å². The molecule has 0 spiro atoms. The van der Waals surface area contributed by atoms with Crippen LogP contribution in [-0.4, -0.2) is 23.2 Å². The molecule has 1 aromatic rings. The van der Waals surface area contributed by atoms with Crippen molar-refractivity contribution in [3.63, 3.8) is 0 Å². The fraction of sp³-hybridized carbons (Fsp3) is 0.875. The van der Waals surface area contributed by atoms with Gasteiger partial charge in [-0.25, -0.2) is 0 Å². The van der Waals surface area contributed by atoms with Gasteiger partial charge in [0.05, 0.1) is 0 Å². The molecule has 20 heavy (non-hydrogen) atoms. The first-order valence-corrected chi connectivity index (χ1v) is 8.03. The molecule has 0 aromatic carbocycles. The molecule has 0 atom stereocenters. The van der Waals surface area contributed by atoms with Gasteiger partial charge in [0.1, 0.15) is 0 Å². The standard InChI is InChI=1S/C16H27N3O/c1-15(2)6-4-12(5-7-15)13-18-14(20-19-13)16(3)8-10-17-11-9-16/h12,17H,4-11H2,1-3H3. The van der Waals surface area contributed by atoms with Crippen molar-refractivity contribution >= 4 is 0 Å². The summed E-state index contributed by atoms with van der Waals surface area (Å²) in [6.07, 6.45) is 7.11. The number of nitrogens with one attached hydrogen (secondary N) is 1. The van der Waals surface area contributed by atoms with Crippen LogP contribution in [0.3, 0.4) is 0 Å². The molecule has 1 saturated carbocycles. The van der Waals surface area contributed by atoms with Crippen LogP contribution in [0.2, 0.25) is 0 Å². The topological polar surface area (TPSA) is 51.0 Å². The van der Waals surface area contributed by atoms with E-state index >= 15 is 0 Å². The highest BCUT2D eigenvalue weighted by Crippen LogP contribution is 2.42. The highest BCUT2D eigenvalue weighted by molar-refractivity contribution is 5.08. The molecule has 1 aliphatic heterocycles. The molecule has 2 heterocycles. The van der Waals surface area contributed by atoms with Gasteiger partial charge in [-0.3, -0.25) is 0 Å². The maximum absolute atomic E-state index is 5.62. The minimum atomic E-state index is 0.0738. The Bertz CT molecular complexity index is 450.